The van der Waals surface area contributed by atoms with Crippen LogP contribution in [0.1, 0.15) is 91.9 Å². The van der Waals surface area contributed by atoms with E-state index in [0.717, 1.165) is 12.8 Å². The molecule has 6 N–H and O–H groups in total. The van der Waals surface area contributed by atoms with Gasteiger partial charge < -0.3 is 31.5 Å². The fourth-order valence-corrected chi connectivity index (χ4v) is 3.35. The molecule has 0 aliphatic heterocycles. The lowest BCUT2D eigenvalue weighted by atomic mass is 10.1. The Balaban J connectivity index is 4.42. The second-order valence-corrected chi connectivity index (χ2v) is 9.60. The van der Waals surface area contributed by atoms with Gasteiger partial charge in [0.2, 0.25) is 23.6 Å². The first-order chi connectivity index (χ1) is 17.9. The molecule has 12 nitrogen and oxygen atoms in total. The van der Waals surface area contributed by atoms with Gasteiger partial charge in [0.1, 0.15) is 12.1 Å². The molecule has 218 valence electrons. The summed E-state index contributed by atoms with van der Waals surface area (Å²) in [5, 5.41) is 28.6. The quantitative estimate of drug-likeness (QED) is 0.118. The summed E-state index contributed by atoms with van der Waals surface area (Å²) in [4.78, 5) is 71.0. The van der Waals surface area contributed by atoms with Crippen LogP contribution in [0.4, 0.5) is 0 Å². The minimum Gasteiger partial charge on any atom is -0.481 e. The van der Waals surface area contributed by atoms with Crippen LogP contribution in [0.15, 0.2) is 0 Å². The Morgan fingerprint density at radius 1 is 0.579 bits per heavy atom. The first-order valence-electron chi connectivity index (χ1n) is 13.5. The van der Waals surface area contributed by atoms with Crippen LogP contribution < -0.4 is 21.3 Å². The van der Waals surface area contributed by atoms with E-state index >= 15 is 0 Å². The molecular formula is C26H46N4O8. The lowest BCUT2D eigenvalue weighted by molar-refractivity contribution is -0.139. The summed E-state index contributed by atoms with van der Waals surface area (Å²) in [5.74, 6) is -4.05. The molecule has 0 aliphatic rings. The van der Waals surface area contributed by atoms with E-state index in [4.69, 9.17) is 10.2 Å². The van der Waals surface area contributed by atoms with Crippen LogP contribution in [0, 0.1) is 11.8 Å². The maximum absolute atomic E-state index is 12.5. The monoisotopic (exact) mass is 542 g/mol. The molecular weight excluding hydrogens is 496 g/mol. The van der Waals surface area contributed by atoms with Gasteiger partial charge in [-0.1, -0.05) is 40.5 Å². The SMILES string of the molecule is CC[C@H](C)C(=O)N[C@@H](CCC(=O)O)C(=O)NCCCCCCNC(=O)[C@H](CCC(=O)O)NC(=O)[C@@H](C)CC. The summed E-state index contributed by atoms with van der Waals surface area (Å²) in [6.45, 7) is 7.92. The highest BCUT2D eigenvalue weighted by atomic mass is 16.4. The Hall–Kier alpha value is -3.18. The molecule has 0 rings (SSSR count). The van der Waals surface area contributed by atoms with Crippen molar-refractivity contribution in [1.29, 1.82) is 0 Å². The Kier molecular flexibility index (Phi) is 18.2. The Morgan fingerprint density at radius 2 is 0.921 bits per heavy atom. The summed E-state index contributed by atoms with van der Waals surface area (Å²) in [6.07, 6.45) is 3.62. The van der Waals surface area contributed by atoms with Gasteiger partial charge in [-0.25, -0.2) is 0 Å². The van der Waals surface area contributed by atoms with Crippen LogP contribution in [-0.4, -0.2) is 71.0 Å². The summed E-state index contributed by atoms with van der Waals surface area (Å²) < 4.78 is 0. The van der Waals surface area contributed by atoms with Crippen molar-refractivity contribution in [3.63, 3.8) is 0 Å². The van der Waals surface area contributed by atoms with Gasteiger partial charge in [0, 0.05) is 37.8 Å². The predicted molar refractivity (Wildman–Crippen MR) is 141 cm³/mol. The molecule has 0 aliphatic carbocycles. The molecule has 0 unspecified atom stereocenters. The number of rotatable bonds is 21. The second kappa shape index (κ2) is 19.9. The van der Waals surface area contributed by atoms with Crippen LogP contribution in [0.5, 0.6) is 0 Å². The number of hydrogen-bond donors (Lipinski definition) is 6. The lowest BCUT2D eigenvalue weighted by Gasteiger charge is -2.20. The fraction of sp³-hybridized carbons (Fsp3) is 0.769. The van der Waals surface area contributed by atoms with Gasteiger partial charge in [0.05, 0.1) is 0 Å². The summed E-state index contributed by atoms with van der Waals surface area (Å²) in [6, 6.07) is -1.81. The van der Waals surface area contributed by atoms with Crippen LogP contribution in [-0.2, 0) is 28.8 Å². The number of carboxylic acid groups (broad SMARTS) is 2. The highest BCUT2D eigenvalue weighted by Crippen LogP contribution is 2.06. The molecule has 0 radical (unpaired) electrons. The van der Waals surface area contributed by atoms with Crippen LogP contribution in [0.2, 0.25) is 0 Å². The summed E-state index contributed by atoms with van der Waals surface area (Å²) in [5.41, 5.74) is 0. The molecule has 0 fully saturated rings. The van der Waals surface area contributed by atoms with Crippen molar-refractivity contribution in [2.75, 3.05) is 13.1 Å². The molecule has 0 spiro atoms. The summed E-state index contributed by atoms with van der Waals surface area (Å²) >= 11 is 0. The minimum absolute atomic E-state index is 0.00824. The number of carboxylic acids is 2. The fourth-order valence-electron chi connectivity index (χ4n) is 3.35. The third-order valence-electron chi connectivity index (χ3n) is 6.38. The molecule has 0 aromatic heterocycles. The molecule has 0 aromatic rings. The van der Waals surface area contributed by atoms with E-state index in [9.17, 15) is 28.8 Å². The van der Waals surface area contributed by atoms with E-state index < -0.39 is 35.8 Å². The average Bonchev–Trinajstić information content (AvgIpc) is 2.88. The largest absolute Gasteiger partial charge is 0.481 e. The van der Waals surface area contributed by atoms with Crippen LogP contribution in [0.3, 0.4) is 0 Å². The maximum Gasteiger partial charge on any atom is 0.303 e. The number of carbonyl (C=O) groups excluding carboxylic acids is 4. The number of nitrogens with one attached hydrogen (secondary N) is 4. The van der Waals surface area contributed by atoms with Crippen molar-refractivity contribution in [2.45, 2.75) is 104 Å². The Labute approximate surface area is 225 Å². The minimum atomic E-state index is -1.04. The van der Waals surface area contributed by atoms with Gasteiger partial charge >= 0.3 is 11.9 Å². The van der Waals surface area contributed by atoms with Crippen molar-refractivity contribution in [3.05, 3.63) is 0 Å². The van der Waals surface area contributed by atoms with Crippen molar-refractivity contribution in [3.8, 4) is 0 Å². The van der Waals surface area contributed by atoms with E-state index in [2.05, 4.69) is 21.3 Å². The number of unbranched alkanes of at least 4 members (excludes halogenated alkanes) is 3. The van der Waals surface area contributed by atoms with Crippen molar-refractivity contribution < 1.29 is 39.0 Å². The van der Waals surface area contributed by atoms with Gasteiger partial charge in [-0.3, -0.25) is 28.8 Å². The molecule has 0 heterocycles. The molecule has 0 bridgehead atoms. The normalized spacial score (nSPS) is 13.9. The van der Waals surface area contributed by atoms with E-state index in [1.165, 1.54) is 0 Å². The Morgan fingerprint density at radius 3 is 1.21 bits per heavy atom. The molecule has 38 heavy (non-hydrogen) atoms. The standard InChI is InChI=1S/C26H46N4O8/c1-5-17(3)23(35)29-19(11-13-21(31)32)25(37)27-15-9-7-8-10-16-28-26(38)20(12-14-22(33)34)30-24(36)18(4)6-2/h17-20H,5-16H2,1-4H3,(H,27,37)(H,28,38)(H,29,35)(H,30,36)(H,31,32)(H,33,34)/t17-,18-,19-,20-/m0/s1. The highest BCUT2D eigenvalue weighted by Gasteiger charge is 2.24. The number of aliphatic carboxylic acids is 2. The smallest absolute Gasteiger partial charge is 0.303 e. The summed E-state index contributed by atoms with van der Waals surface area (Å²) in [7, 11) is 0. The molecule has 4 amide bonds. The third-order valence-corrected chi connectivity index (χ3v) is 6.38. The average molecular weight is 543 g/mol. The van der Waals surface area contributed by atoms with E-state index in [1.807, 2.05) is 13.8 Å². The number of hydrogen-bond acceptors (Lipinski definition) is 6. The zero-order valence-corrected chi connectivity index (χ0v) is 23.1. The molecule has 12 heteroatoms. The van der Waals surface area contributed by atoms with Gasteiger partial charge in [-0.15, -0.1) is 0 Å². The van der Waals surface area contributed by atoms with Gasteiger partial charge in [0.25, 0.3) is 0 Å². The van der Waals surface area contributed by atoms with Crippen molar-refractivity contribution in [2.24, 2.45) is 11.8 Å². The first-order valence-corrected chi connectivity index (χ1v) is 13.5. The lowest BCUT2D eigenvalue weighted by Crippen LogP contribution is -2.48. The highest BCUT2D eigenvalue weighted by molar-refractivity contribution is 5.89. The topological polar surface area (TPSA) is 191 Å². The molecule has 0 saturated heterocycles. The van der Waals surface area contributed by atoms with E-state index in [-0.39, 0.29) is 49.3 Å². The van der Waals surface area contributed by atoms with Gasteiger partial charge in [-0.2, -0.15) is 0 Å². The maximum atomic E-state index is 12.5. The van der Waals surface area contributed by atoms with E-state index in [1.54, 1.807) is 13.8 Å². The molecule has 0 saturated carbocycles. The van der Waals surface area contributed by atoms with Crippen LogP contribution >= 0.6 is 0 Å². The third kappa shape index (κ3) is 15.8. The number of amides is 4. The van der Waals surface area contributed by atoms with Crippen LogP contribution in [0.25, 0.3) is 0 Å². The van der Waals surface area contributed by atoms with Crippen molar-refractivity contribution in [1.82, 2.24) is 21.3 Å². The predicted octanol–water partition coefficient (Wildman–Crippen LogP) is 1.57. The van der Waals surface area contributed by atoms with Gasteiger partial charge in [-0.05, 0) is 38.5 Å². The van der Waals surface area contributed by atoms with Gasteiger partial charge in [0.15, 0.2) is 0 Å². The van der Waals surface area contributed by atoms with E-state index in [0.29, 0.717) is 38.8 Å². The zero-order valence-electron chi connectivity index (χ0n) is 23.1. The molecule has 4 atom stereocenters. The number of carbonyl (C=O) groups is 6. The Bertz CT molecular complexity index is 725. The van der Waals surface area contributed by atoms with Crippen molar-refractivity contribution >= 4 is 35.6 Å². The zero-order chi connectivity index (χ0) is 29.1. The molecule has 0 aromatic carbocycles. The second-order valence-electron chi connectivity index (χ2n) is 9.60. The first kappa shape index (κ1) is 34.8.